The number of H-pyrrole nitrogens is 1. The third-order valence-electron chi connectivity index (χ3n) is 4.96. The molecule has 8 heteroatoms. The van der Waals surface area contributed by atoms with Gasteiger partial charge in [-0.15, -0.1) is 10.2 Å². The SMILES string of the molecule is Cc1ccccc1N1CCN(C(=S)N=Nc2c(O)[nH]c3ccc(Cl)cc23)CC1. The van der Waals surface area contributed by atoms with Gasteiger partial charge in [0.05, 0.1) is 5.52 Å². The Morgan fingerprint density at radius 2 is 1.89 bits per heavy atom. The maximum absolute atomic E-state index is 10.1. The Labute approximate surface area is 173 Å². The third-order valence-corrected chi connectivity index (χ3v) is 5.53. The lowest BCUT2D eigenvalue weighted by atomic mass is 10.1. The number of hydrogen-bond acceptors (Lipinski definition) is 4. The molecule has 0 saturated carbocycles. The minimum Gasteiger partial charge on any atom is -0.493 e. The van der Waals surface area contributed by atoms with Gasteiger partial charge in [-0.25, -0.2) is 0 Å². The van der Waals surface area contributed by atoms with E-state index in [0.29, 0.717) is 21.2 Å². The first kappa shape index (κ1) is 18.7. The molecule has 2 aromatic carbocycles. The number of benzene rings is 2. The summed E-state index contributed by atoms with van der Waals surface area (Å²) in [6.07, 6.45) is 0. The Morgan fingerprint density at radius 1 is 1.14 bits per heavy atom. The molecule has 0 spiro atoms. The molecule has 1 aliphatic heterocycles. The van der Waals surface area contributed by atoms with Gasteiger partial charge in [-0.1, -0.05) is 29.8 Å². The molecule has 1 aromatic heterocycles. The van der Waals surface area contributed by atoms with Crippen LogP contribution >= 0.6 is 23.8 Å². The molecule has 1 saturated heterocycles. The zero-order valence-electron chi connectivity index (χ0n) is 15.4. The molecular formula is C20H20ClN5OS. The van der Waals surface area contributed by atoms with E-state index in [9.17, 15) is 5.11 Å². The van der Waals surface area contributed by atoms with Gasteiger partial charge in [0.2, 0.25) is 11.0 Å². The number of hydrogen-bond donors (Lipinski definition) is 2. The molecule has 0 atom stereocenters. The highest BCUT2D eigenvalue weighted by molar-refractivity contribution is 7.80. The molecule has 1 aliphatic rings. The summed E-state index contributed by atoms with van der Waals surface area (Å²) in [7, 11) is 0. The number of fused-ring (bicyclic) bond motifs is 1. The molecule has 0 radical (unpaired) electrons. The Morgan fingerprint density at radius 3 is 2.64 bits per heavy atom. The summed E-state index contributed by atoms with van der Waals surface area (Å²) >= 11 is 11.5. The predicted molar refractivity (Wildman–Crippen MR) is 117 cm³/mol. The zero-order valence-corrected chi connectivity index (χ0v) is 17.0. The molecule has 0 unspecified atom stereocenters. The number of azo groups is 1. The molecule has 144 valence electrons. The van der Waals surface area contributed by atoms with Gasteiger partial charge in [-0.05, 0) is 49.0 Å². The highest BCUT2D eigenvalue weighted by Gasteiger charge is 2.20. The quantitative estimate of drug-likeness (QED) is 0.457. The normalized spacial score (nSPS) is 14.9. The van der Waals surface area contributed by atoms with Crippen molar-refractivity contribution in [2.45, 2.75) is 6.92 Å². The van der Waals surface area contributed by atoms with Crippen molar-refractivity contribution in [1.29, 1.82) is 0 Å². The van der Waals surface area contributed by atoms with E-state index >= 15 is 0 Å². The van der Waals surface area contributed by atoms with Crippen molar-refractivity contribution in [1.82, 2.24) is 9.88 Å². The van der Waals surface area contributed by atoms with E-state index in [2.05, 4.69) is 51.3 Å². The summed E-state index contributed by atoms with van der Waals surface area (Å²) in [6.45, 7) is 5.42. The molecule has 0 amide bonds. The van der Waals surface area contributed by atoms with Gasteiger partial charge in [0, 0.05) is 42.3 Å². The van der Waals surface area contributed by atoms with Crippen LogP contribution < -0.4 is 4.90 Å². The van der Waals surface area contributed by atoms with Crippen molar-refractivity contribution >= 4 is 51.2 Å². The summed E-state index contributed by atoms with van der Waals surface area (Å²) in [6, 6.07) is 13.7. The van der Waals surface area contributed by atoms with Gasteiger partial charge in [0.1, 0.15) is 0 Å². The van der Waals surface area contributed by atoms with Crippen LogP contribution in [0.4, 0.5) is 11.4 Å². The van der Waals surface area contributed by atoms with Crippen molar-refractivity contribution in [2.75, 3.05) is 31.1 Å². The zero-order chi connectivity index (χ0) is 19.7. The van der Waals surface area contributed by atoms with Gasteiger partial charge >= 0.3 is 0 Å². The van der Waals surface area contributed by atoms with E-state index in [1.54, 1.807) is 18.2 Å². The Kier molecular flexibility index (Phi) is 5.19. The fraction of sp³-hybridized carbons (Fsp3) is 0.250. The number of halogens is 1. The van der Waals surface area contributed by atoms with Crippen LogP contribution in [-0.2, 0) is 0 Å². The smallest absolute Gasteiger partial charge is 0.218 e. The molecule has 0 aliphatic carbocycles. The summed E-state index contributed by atoms with van der Waals surface area (Å²) < 4.78 is 0. The van der Waals surface area contributed by atoms with Crippen LogP contribution in [0.15, 0.2) is 52.7 Å². The van der Waals surface area contributed by atoms with E-state index < -0.39 is 0 Å². The van der Waals surface area contributed by atoms with E-state index in [1.165, 1.54) is 11.3 Å². The maximum atomic E-state index is 10.1. The van der Waals surface area contributed by atoms with Gasteiger partial charge in [-0.2, -0.15) is 0 Å². The number of thiocarbonyl (C=S) groups is 1. The molecule has 1 fully saturated rings. The standard InChI is InChI=1S/C20H20ClN5OS/c1-13-4-2-3-5-17(13)25-8-10-26(11-9-25)20(28)24-23-18-15-12-14(21)6-7-16(15)22-19(18)27/h2-7,12,22,27H,8-11H2,1H3. The number of anilines is 1. The number of aryl methyl sites for hydroxylation is 1. The first-order valence-corrected chi connectivity index (χ1v) is 9.83. The first-order chi connectivity index (χ1) is 13.5. The second-order valence-corrected chi connectivity index (χ2v) is 7.56. The minimum atomic E-state index is -0.0480. The van der Waals surface area contributed by atoms with Crippen molar-refractivity contribution < 1.29 is 5.11 Å². The average Bonchev–Trinajstić information content (AvgIpc) is 3.01. The second-order valence-electron chi connectivity index (χ2n) is 6.76. The number of aromatic hydroxyl groups is 1. The van der Waals surface area contributed by atoms with Crippen LogP contribution in [0.5, 0.6) is 5.88 Å². The van der Waals surface area contributed by atoms with E-state index in [-0.39, 0.29) is 5.88 Å². The van der Waals surface area contributed by atoms with Crippen molar-refractivity contribution in [3.05, 3.63) is 53.1 Å². The molecule has 2 heterocycles. The monoisotopic (exact) mass is 413 g/mol. The number of nitrogens with one attached hydrogen (secondary N) is 1. The molecule has 4 rings (SSSR count). The highest BCUT2D eigenvalue weighted by Crippen LogP contribution is 2.36. The summed E-state index contributed by atoms with van der Waals surface area (Å²) in [5.74, 6) is -0.0480. The van der Waals surface area contributed by atoms with E-state index in [4.69, 9.17) is 23.8 Å². The van der Waals surface area contributed by atoms with Crippen LogP contribution in [0.1, 0.15) is 5.56 Å². The lowest BCUT2D eigenvalue weighted by Crippen LogP contribution is -2.48. The predicted octanol–water partition coefficient (Wildman–Crippen LogP) is 5.03. The fourth-order valence-corrected chi connectivity index (χ4v) is 3.85. The lowest BCUT2D eigenvalue weighted by Gasteiger charge is -2.36. The first-order valence-electron chi connectivity index (χ1n) is 9.04. The Balaban J connectivity index is 1.45. The molecular weight excluding hydrogens is 394 g/mol. The third kappa shape index (κ3) is 3.68. The molecule has 28 heavy (non-hydrogen) atoms. The average molecular weight is 414 g/mol. The number of aromatic nitrogens is 1. The van der Waals surface area contributed by atoms with Crippen molar-refractivity contribution in [3.8, 4) is 5.88 Å². The van der Waals surface area contributed by atoms with E-state index in [0.717, 1.165) is 31.7 Å². The van der Waals surface area contributed by atoms with Gasteiger partial charge in [0.25, 0.3) is 0 Å². The largest absolute Gasteiger partial charge is 0.493 e. The van der Waals surface area contributed by atoms with Crippen LogP contribution in [0.25, 0.3) is 10.9 Å². The molecule has 2 N–H and O–H groups in total. The molecule has 0 bridgehead atoms. The Hall–Kier alpha value is -2.64. The number of nitrogens with zero attached hydrogens (tertiary/aromatic N) is 4. The second kappa shape index (κ2) is 7.77. The number of para-hydroxylation sites is 1. The van der Waals surface area contributed by atoms with Gasteiger partial charge in [-0.3, -0.25) is 0 Å². The number of aromatic amines is 1. The highest BCUT2D eigenvalue weighted by atomic mass is 35.5. The summed E-state index contributed by atoms with van der Waals surface area (Å²) in [5.41, 5.74) is 3.62. The summed E-state index contributed by atoms with van der Waals surface area (Å²) in [5, 5.41) is 20.2. The van der Waals surface area contributed by atoms with Crippen molar-refractivity contribution in [3.63, 3.8) is 0 Å². The van der Waals surface area contributed by atoms with Crippen LogP contribution in [0.2, 0.25) is 5.02 Å². The van der Waals surface area contributed by atoms with Gasteiger partial charge in [0.15, 0.2) is 5.69 Å². The van der Waals surface area contributed by atoms with Crippen LogP contribution in [0, 0.1) is 6.92 Å². The molecule has 6 nitrogen and oxygen atoms in total. The molecule has 3 aromatic rings. The van der Waals surface area contributed by atoms with Gasteiger partial charge < -0.3 is 19.9 Å². The topological polar surface area (TPSA) is 67.2 Å². The fourth-order valence-electron chi connectivity index (χ4n) is 3.45. The van der Waals surface area contributed by atoms with Crippen molar-refractivity contribution in [2.24, 2.45) is 10.2 Å². The summed E-state index contributed by atoms with van der Waals surface area (Å²) in [4.78, 5) is 7.26. The number of piperazine rings is 1. The lowest BCUT2D eigenvalue weighted by molar-refractivity contribution is 0.387. The van der Waals surface area contributed by atoms with Crippen LogP contribution in [0.3, 0.4) is 0 Å². The minimum absolute atomic E-state index is 0.0480. The number of rotatable bonds is 2. The van der Waals surface area contributed by atoms with E-state index in [1.807, 2.05) is 4.90 Å². The Bertz CT molecular complexity index is 1060. The van der Waals surface area contributed by atoms with Crippen LogP contribution in [-0.4, -0.2) is 46.3 Å². The maximum Gasteiger partial charge on any atom is 0.218 e.